The van der Waals surface area contributed by atoms with Gasteiger partial charge < -0.3 is 9.47 Å². The molecule has 0 unspecified atom stereocenters. The lowest BCUT2D eigenvalue weighted by Gasteiger charge is -2.08. The largest absolute Gasteiger partial charge is 0.487 e. The molecule has 0 saturated heterocycles. The first-order valence-corrected chi connectivity index (χ1v) is 4.68. The Bertz CT molecular complexity index is 255. The van der Waals surface area contributed by atoms with E-state index >= 15 is 0 Å². The molecule has 0 aliphatic carbocycles. The highest BCUT2D eigenvalue weighted by Gasteiger charge is 2.03. The summed E-state index contributed by atoms with van der Waals surface area (Å²) in [5.74, 6) is 1.63. The van der Waals surface area contributed by atoms with E-state index in [1.54, 1.807) is 12.3 Å². The minimum absolute atomic E-state index is 0.459. The minimum atomic E-state index is 0.459. The molecule has 1 aromatic heterocycles. The molecule has 0 aromatic carbocycles. The fourth-order valence-corrected chi connectivity index (χ4v) is 0.957. The molecule has 0 N–H and O–H groups in total. The molecule has 0 atom stereocenters. The molecule has 0 aliphatic rings. The third-order valence-corrected chi connectivity index (χ3v) is 1.51. The van der Waals surface area contributed by atoms with Crippen LogP contribution < -0.4 is 9.47 Å². The van der Waals surface area contributed by atoms with Crippen molar-refractivity contribution in [3.63, 3.8) is 0 Å². The monoisotopic (exact) mass is 201 g/mol. The summed E-state index contributed by atoms with van der Waals surface area (Å²) in [5.41, 5.74) is 0. The molecule has 1 rings (SSSR count). The third-order valence-electron chi connectivity index (χ3n) is 1.35. The highest BCUT2D eigenvalue weighted by atomic mass is 35.5. The molecule has 0 spiro atoms. The zero-order chi connectivity index (χ0) is 9.52. The van der Waals surface area contributed by atoms with Crippen LogP contribution in [0.5, 0.6) is 11.6 Å². The molecule has 3 nitrogen and oxygen atoms in total. The van der Waals surface area contributed by atoms with Crippen LogP contribution in [0.15, 0.2) is 18.3 Å². The van der Waals surface area contributed by atoms with Crippen molar-refractivity contribution in [1.82, 2.24) is 4.98 Å². The van der Waals surface area contributed by atoms with Crippen molar-refractivity contribution in [2.75, 3.05) is 19.1 Å². The normalized spacial score (nSPS) is 9.69. The topological polar surface area (TPSA) is 31.4 Å². The summed E-state index contributed by atoms with van der Waals surface area (Å²) in [6.45, 7) is 2.95. The molecular formula is C9H12ClNO2. The van der Waals surface area contributed by atoms with Crippen molar-refractivity contribution in [2.24, 2.45) is 0 Å². The first kappa shape index (κ1) is 10.1. The van der Waals surface area contributed by atoms with Gasteiger partial charge in [0.2, 0.25) is 0 Å². The summed E-state index contributed by atoms with van der Waals surface area (Å²) < 4.78 is 10.6. The summed E-state index contributed by atoms with van der Waals surface area (Å²) in [7, 11) is 0. The summed E-state index contributed by atoms with van der Waals surface area (Å²) in [6.07, 6.45) is 1.67. The van der Waals surface area contributed by atoms with Gasteiger partial charge in [0.25, 0.3) is 5.88 Å². The second kappa shape index (κ2) is 5.65. The molecule has 13 heavy (non-hydrogen) atoms. The number of pyridine rings is 1. The maximum absolute atomic E-state index is 5.49. The van der Waals surface area contributed by atoms with Crippen LogP contribution in [-0.4, -0.2) is 24.1 Å². The predicted octanol–water partition coefficient (Wildman–Crippen LogP) is 2.10. The van der Waals surface area contributed by atoms with E-state index in [9.17, 15) is 0 Å². The van der Waals surface area contributed by atoms with Crippen molar-refractivity contribution in [2.45, 2.75) is 6.92 Å². The van der Waals surface area contributed by atoms with E-state index in [0.29, 0.717) is 30.7 Å². The van der Waals surface area contributed by atoms with Crippen molar-refractivity contribution in [3.8, 4) is 11.6 Å². The van der Waals surface area contributed by atoms with Crippen LogP contribution in [0.4, 0.5) is 0 Å². The van der Waals surface area contributed by atoms with E-state index in [-0.39, 0.29) is 0 Å². The maximum Gasteiger partial charge on any atom is 0.256 e. The van der Waals surface area contributed by atoms with E-state index in [2.05, 4.69) is 4.98 Å². The maximum atomic E-state index is 5.49. The Balaban J connectivity index is 2.66. The Morgan fingerprint density at radius 1 is 1.46 bits per heavy atom. The zero-order valence-electron chi connectivity index (χ0n) is 7.50. The molecular weight excluding hydrogens is 190 g/mol. The first-order chi connectivity index (χ1) is 6.38. The van der Waals surface area contributed by atoms with Crippen molar-refractivity contribution in [3.05, 3.63) is 18.3 Å². The van der Waals surface area contributed by atoms with Gasteiger partial charge in [0.05, 0.1) is 12.5 Å². The quantitative estimate of drug-likeness (QED) is 0.684. The Kier molecular flexibility index (Phi) is 4.40. The molecule has 0 aliphatic heterocycles. The highest BCUT2D eigenvalue weighted by Crippen LogP contribution is 2.22. The summed E-state index contributed by atoms with van der Waals surface area (Å²) in [4.78, 5) is 4.03. The fourth-order valence-electron chi connectivity index (χ4n) is 0.880. The van der Waals surface area contributed by atoms with E-state index in [1.807, 2.05) is 13.0 Å². The third kappa shape index (κ3) is 3.11. The molecule has 0 amide bonds. The van der Waals surface area contributed by atoms with Gasteiger partial charge in [-0.1, -0.05) is 0 Å². The second-order valence-corrected chi connectivity index (χ2v) is 2.66. The Morgan fingerprint density at radius 3 is 3.00 bits per heavy atom. The lowest BCUT2D eigenvalue weighted by Crippen LogP contribution is -2.02. The van der Waals surface area contributed by atoms with Gasteiger partial charge in [0.15, 0.2) is 5.75 Å². The van der Waals surface area contributed by atoms with Gasteiger partial charge in [-0.25, -0.2) is 4.98 Å². The van der Waals surface area contributed by atoms with Crippen LogP contribution >= 0.6 is 11.6 Å². The average Bonchev–Trinajstić information content (AvgIpc) is 2.17. The molecule has 0 radical (unpaired) electrons. The van der Waals surface area contributed by atoms with Gasteiger partial charge in [0, 0.05) is 6.20 Å². The number of aromatic nitrogens is 1. The SMILES string of the molecule is CCOc1ncccc1OCCCl. The lowest BCUT2D eigenvalue weighted by atomic mass is 10.4. The van der Waals surface area contributed by atoms with Crippen LogP contribution in [0.25, 0.3) is 0 Å². The van der Waals surface area contributed by atoms with Crippen LogP contribution in [0.2, 0.25) is 0 Å². The molecule has 0 saturated carbocycles. The standard InChI is InChI=1S/C9H12ClNO2/c1-2-12-9-8(13-7-5-10)4-3-6-11-9/h3-4,6H,2,5,7H2,1H3. The molecule has 1 aromatic rings. The van der Waals surface area contributed by atoms with Crippen LogP contribution in [-0.2, 0) is 0 Å². The van der Waals surface area contributed by atoms with E-state index < -0.39 is 0 Å². The second-order valence-electron chi connectivity index (χ2n) is 2.28. The fraction of sp³-hybridized carbons (Fsp3) is 0.444. The number of rotatable bonds is 5. The number of ether oxygens (including phenoxy) is 2. The van der Waals surface area contributed by atoms with E-state index in [4.69, 9.17) is 21.1 Å². The smallest absolute Gasteiger partial charge is 0.256 e. The molecule has 0 bridgehead atoms. The van der Waals surface area contributed by atoms with E-state index in [1.165, 1.54) is 0 Å². The lowest BCUT2D eigenvalue weighted by molar-refractivity contribution is 0.279. The number of hydrogen-bond donors (Lipinski definition) is 0. The molecule has 72 valence electrons. The number of halogens is 1. The summed E-state index contributed by atoms with van der Waals surface area (Å²) in [6, 6.07) is 3.61. The van der Waals surface area contributed by atoms with Gasteiger partial charge in [0.1, 0.15) is 6.61 Å². The van der Waals surface area contributed by atoms with Crippen LogP contribution in [0, 0.1) is 0 Å². The predicted molar refractivity (Wildman–Crippen MR) is 51.6 cm³/mol. The number of hydrogen-bond acceptors (Lipinski definition) is 3. The van der Waals surface area contributed by atoms with Gasteiger partial charge in [-0.2, -0.15) is 0 Å². The molecule has 0 fully saturated rings. The van der Waals surface area contributed by atoms with Crippen molar-refractivity contribution < 1.29 is 9.47 Å². The van der Waals surface area contributed by atoms with Crippen LogP contribution in [0.3, 0.4) is 0 Å². The zero-order valence-corrected chi connectivity index (χ0v) is 8.25. The van der Waals surface area contributed by atoms with Gasteiger partial charge in [-0.15, -0.1) is 11.6 Å². The van der Waals surface area contributed by atoms with Crippen molar-refractivity contribution >= 4 is 11.6 Å². The van der Waals surface area contributed by atoms with Crippen LogP contribution in [0.1, 0.15) is 6.92 Å². The number of alkyl halides is 1. The van der Waals surface area contributed by atoms with Gasteiger partial charge in [-0.3, -0.25) is 0 Å². The molecule has 4 heteroatoms. The minimum Gasteiger partial charge on any atom is -0.487 e. The average molecular weight is 202 g/mol. The molecule has 1 heterocycles. The number of nitrogens with zero attached hydrogens (tertiary/aromatic N) is 1. The highest BCUT2D eigenvalue weighted by molar-refractivity contribution is 6.18. The summed E-state index contributed by atoms with van der Waals surface area (Å²) >= 11 is 5.49. The van der Waals surface area contributed by atoms with Gasteiger partial charge in [-0.05, 0) is 19.1 Å². The summed E-state index contributed by atoms with van der Waals surface area (Å²) in [5, 5.41) is 0. The Labute approximate surface area is 82.6 Å². The Hall–Kier alpha value is -0.960. The van der Waals surface area contributed by atoms with Gasteiger partial charge >= 0.3 is 0 Å². The Morgan fingerprint density at radius 2 is 2.31 bits per heavy atom. The van der Waals surface area contributed by atoms with Crippen molar-refractivity contribution in [1.29, 1.82) is 0 Å². The van der Waals surface area contributed by atoms with E-state index in [0.717, 1.165) is 0 Å². The first-order valence-electron chi connectivity index (χ1n) is 4.15.